The third-order valence-electron chi connectivity index (χ3n) is 2.41. The predicted octanol–water partition coefficient (Wildman–Crippen LogP) is 1.86. The van der Waals surface area contributed by atoms with Crippen LogP contribution < -0.4 is 9.47 Å². The summed E-state index contributed by atoms with van der Waals surface area (Å²) in [5, 5.41) is 0. The van der Waals surface area contributed by atoms with Crippen molar-refractivity contribution in [3.63, 3.8) is 0 Å². The molecule has 0 bridgehead atoms. The van der Waals surface area contributed by atoms with Gasteiger partial charge in [0, 0.05) is 7.11 Å². The molecule has 2 rings (SSSR count). The third kappa shape index (κ3) is 1.68. The number of ether oxygens (including phenoxy) is 3. The van der Waals surface area contributed by atoms with E-state index in [9.17, 15) is 0 Å². The SMILES string of the molecule is COC1(C)COc2ccccc2OC1. The van der Waals surface area contributed by atoms with Crippen molar-refractivity contribution in [2.45, 2.75) is 12.5 Å². The Morgan fingerprint density at radius 3 is 2.07 bits per heavy atom. The summed E-state index contributed by atoms with van der Waals surface area (Å²) in [5.41, 5.74) is -0.362. The van der Waals surface area contributed by atoms with Crippen LogP contribution in [-0.4, -0.2) is 25.9 Å². The van der Waals surface area contributed by atoms with Crippen molar-refractivity contribution in [1.82, 2.24) is 0 Å². The predicted molar refractivity (Wildman–Crippen MR) is 52.8 cm³/mol. The van der Waals surface area contributed by atoms with Crippen LogP contribution >= 0.6 is 0 Å². The molecule has 0 aliphatic carbocycles. The summed E-state index contributed by atoms with van der Waals surface area (Å²) in [4.78, 5) is 0. The van der Waals surface area contributed by atoms with Gasteiger partial charge >= 0.3 is 0 Å². The van der Waals surface area contributed by atoms with Crippen LogP contribution in [0.15, 0.2) is 24.3 Å². The minimum absolute atomic E-state index is 0.362. The molecule has 76 valence electrons. The van der Waals surface area contributed by atoms with Crippen molar-refractivity contribution < 1.29 is 14.2 Å². The second-order valence-corrected chi connectivity index (χ2v) is 3.68. The molecule has 0 spiro atoms. The molecule has 0 saturated carbocycles. The lowest BCUT2D eigenvalue weighted by Crippen LogP contribution is -2.39. The molecule has 1 aliphatic rings. The van der Waals surface area contributed by atoms with Crippen LogP contribution in [0.25, 0.3) is 0 Å². The van der Waals surface area contributed by atoms with Crippen molar-refractivity contribution in [1.29, 1.82) is 0 Å². The van der Waals surface area contributed by atoms with Gasteiger partial charge in [-0.2, -0.15) is 0 Å². The van der Waals surface area contributed by atoms with E-state index in [-0.39, 0.29) is 5.60 Å². The normalized spacial score (nSPS) is 18.7. The molecule has 1 aromatic rings. The van der Waals surface area contributed by atoms with Crippen LogP contribution in [0.4, 0.5) is 0 Å². The molecule has 0 radical (unpaired) electrons. The lowest BCUT2D eigenvalue weighted by atomic mass is 10.1. The smallest absolute Gasteiger partial charge is 0.161 e. The number of fused-ring (bicyclic) bond motifs is 1. The minimum Gasteiger partial charge on any atom is -0.487 e. The van der Waals surface area contributed by atoms with Crippen molar-refractivity contribution in [2.24, 2.45) is 0 Å². The first-order valence-corrected chi connectivity index (χ1v) is 4.63. The van der Waals surface area contributed by atoms with E-state index in [2.05, 4.69) is 0 Å². The summed E-state index contributed by atoms with van der Waals surface area (Å²) in [6, 6.07) is 7.66. The number of hydrogen-bond donors (Lipinski definition) is 0. The first-order valence-electron chi connectivity index (χ1n) is 4.63. The van der Waals surface area contributed by atoms with Gasteiger partial charge in [0.1, 0.15) is 18.8 Å². The number of hydrogen-bond acceptors (Lipinski definition) is 3. The van der Waals surface area contributed by atoms with Crippen LogP contribution in [0.1, 0.15) is 6.92 Å². The summed E-state index contributed by atoms with van der Waals surface area (Å²) in [6.07, 6.45) is 0. The maximum atomic E-state index is 5.60. The van der Waals surface area contributed by atoms with E-state index in [0.29, 0.717) is 13.2 Å². The van der Waals surface area contributed by atoms with Crippen LogP contribution in [0.3, 0.4) is 0 Å². The Balaban J connectivity index is 2.22. The van der Waals surface area contributed by atoms with Gasteiger partial charge in [-0.3, -0.25) is 0 Å². The van der Waals surface area contributed by atoms with E-state index in [1.807, 2.05) is 31.2 Å². The van der Waals surface area contributed by atoms with E-state index in [4.69, 9.17) is 14.2 Å². The van der Waals surface area contributed by atoms with Gasteiger partial charge in [-0.1, -0.05) is 12.1 Å². The molecule has 0 amide bonds. The van der Waals surface area contributed by atoms with E-state index < -0.39 is 0 Å². The zero-order valence-electron chi connectivity index (χ0n) is 8.45. The van der Waals surface area contributed by atoms with Crippen LogP contribution in [0.5, 0.6) is 11.5 Å². The average molecular weight is 194 g/mol. The average Bonchev–Trinajstić information content (AvgIpc) is 2.40. The highest BCUT2D eigenvalue weighted by molar-refractivity contribution is 5.40. The highest BCUT2D eigenvalue weighted by Crippen LogP contribution is 2.31. The maximum Gasteiger partial charge on any atom is 0.161 e. The lowest BCUT2D eigenvalue weighted by Gasteiger charge is -2.24. The molecule has 0 saturated heterocycles. The van der Waals surface area contributed by atoms with E-state index in [0.717, 1.165) is 11.5 Å². The number of methoxy groups -OCH3 is 1. The number of benzene rings is 1. The number of rotatable bonds is 1. The molecule has 3 heteroatoms. The topological polar surface area (TPSA) is 27.7 Å². The monoisotopic (exact) mass is 194 g/mol. The van der Waals surface area contributed by atoms with Gasteiger partial charge in [0.05, 0.1) is 0 Å². The second-order valence-electron chi connectivity index (χ2n) is 3.68. The largest absolute Gasteiger partial charge is 0.487 e. The maximum absolute atomic E-state index is 5.60. The quantitative estimate of drug-likeness (QED) is 0.683. The molecule has 1 aliphatic heterocycles. The fourth-order valence-corrected chi connectivity index (χ4v) is 1.31. The standard InChI is InChI=1S/C11H14O3/c1-11(12-2)7-13-9-5-3-4-6-10(9)14-8-11/h3-6H,7-8H2,1-2H3. The Bertz CT molecular complexity index is 295. The van der Waals surface area contributed by atoms with Gasteiger partial charge in [-0.15, -0.1) is 0 Å². The van der Waals surface area contributed by atoms with Gasteiger partial charge in [0.2, 0.25) is 0 Å². The highest BCUT2D eigenvalue weighted by atomic mass is 16.6. The molecule has 0 unspecified atom stereocenters. The highest BCUT2D eigenvalue weighted by Gasteiger charge is 2.29. The van der Waals surface area contributed by atoms with Crippen molar-refractivity contribution >= 4 is 0 Å². The summed E-state index contributed by atoms with van der Waals surface area (Å²) in [6.45, 7) is 3.00. The molecular formula is C11H14O3. The number of para-hydroxylation sites is 2. The van der Waals surface area contributed by atoms with Gasteiger partial charge in [-0.05, 0) is 19.1 Å². The van der Waals surface area contributed by atoms with E-state index in [1.165, 1.54) is 0 Å². The zero-order valence-corrected chi connectivity index (χ0v) is 8.45. The van der Waals surface area contributed by atoms with Gasteiger partial charge in [0.15, 0.2) is 11.5 Å². The molecular weight excluding hydrogens is 180 g/mol. The molecule has 0 N–H and O–H groups in total. The third-order valence-corrected chi connectivity index (χ3v) is 2.41. The van der Waals surface area contributed by atoms with Crippen LogP contribution in [0, 0.1) is 0 Å². The summed E-state index contributed by atoms with van der Waals surface area (Å²) in [5.74, 6) is 1.57. The Labute approximate surface area is 83.6 Å². The lowest BCUT2D eigenvalue weighted by molar-refractivity contribution is -0.0487. The summed E-state index contributed by atoms with van der Waals surface area (Å²) >= 11 is 0. The molecule has 0 atom stereocenters. The van der Waals surface area contributed by atoms with Crippen LogP contribution in [0.2, 0.25) is 0 Å². The molecule has 0 aromatic heterocycles. The fraction of sp³-hybridized carbons (Fsp3) is 0.455. The van der Waals surface area contributed by atoms with Gasteiger partial charge in [0.25, 0.3) is 0 Å². The first-order chi connectivity index (χ1) is 6.73. The summed E-state index contributed by atoms with van der Waals surface area (Å²) in [7, 11) is 1.67. The Hall–Kier alpha value is -1.22. The molecule has 1 aromatic carbocycles. The fourth-order valence-electron chi connectivity index (χ4n) is 1.31. The minimum atomic E-state index is -0.362. The van der Waals surface area contributed by atoms with E-state index in [1.54, 1.807) is 7.11 Å². The molecule has 0 fully saturated rings. The Morgan fingerprint density at radius 1 is 1.14 bits per heavy atom. The Kier molecular flexibility index (Phi) is 2.33. The van der Waals surface area contributed by atoms with Crippen molar-refractivity contribution in [3.8, 4) is 11.5 Å². The van der Waals surface area contributed by atoms with Crippen molar-refractivity contribution in [3.05, 3.63) is 24.3 Å². The van der Waals surface area contributed by atoms with Gasteiger partial charge in [-0.25, -0.2) is 0 Å². The molecule has 3 nitrogen and oxygen atoms in total. The van der Waals surface area contributed by atoms with E-state index >= 15 is 0 Å². The molecule has 14 heavy (non-hydrogen) atoms. The molecule has 1 heterocycles. The second kappa shape index (κ2) is 3.50. The van der Waals surface area contributed by atoms with Crippen molar-refractivity contribution in [2.75, 3.05) is 20.3 Å². The van der Waals surface area contributed by atoms with Crippen LogP contribution in [-0.2, 0) is 4.74 Å². The van der Waals surface area contributed by atoms with Gasteiger partial charge < -0.3 is 14.2 Å². The zero-order chi connectivity index (χ0) is 10.0. The Morgan fingerprint density at radius 2 is 1.64 bits per heavy atom. The summed E-state index contributed by atoms with van der Waals surface area (Å²) < 4.78 is 16.5. The first kappa shape index (κ1) is 9.34.